The Morgan fingerprint density at radius 3 is 2.32 bits per heavy atom. The predicted octanol–water partition coefficient (Wildman–Crippen LogP) is 4.21. The first-order valence-electron chi connectivity index (χ1n) is 9.34. The van der Waals surface area contributed by atoms with E-state index in [1.54, 1.807) is 0 Å². The molecule has 0 spiro atoms. The summed E-state index contributed by atoms with van der Waals surface area (Å²) >= 11 is 0. The molecule has 0 aliphatic rings. The van der Waals surface area contributed by atoms with Crippen molar-refractivity contribution in [3.63, 3.8) is 0 Å². The van der Waals surface area contributed by atoms with E-state index in [4.69, 9.17) is 0 Å². The number of rotatable bonds is 5. The topological polar surface area (TPSA) is 82.7 Å². The first kappa shape index (κ1) is 22.6. The van der Waals surface area contributed by atoms with Crippen LogP contribution in [-0.2, 0) is 12.0 Å². The van der Waals surface area contributed by atoms with E-state index < -0.39 is 41.4 Å². The van der Waals surface area contributed by atoms with Crippen LogP contribution < -0.4 is 5.43 Å². The van der Waals surface area contributed by atoms with Gasteiger partial charge in [0.15, 0.2) is 11.0 Å². The quantitative estimate of drug-likeness (QED) is 0.520. The predicted molar refractivity (Wildman–Crippen MR) is 107 cm³/mol. The largest absolute Gasteiger partial charge is 0.508 e. The van der Waals surface area contributed by atoms with Crippen molar-refractivity contribution in [2.75, 3.05) is 0 Å². The Hall–Kier alpha value is -3.07. The highest BCUT2D eigenvalue weighted by molar-refractivity contribution is 5.80. The van der Waals surface area contributed by atoms with Crippen LogP contribution in [0.3, 0.4) is 0 Å². The molecule has 9 heteroatoms. The number of aromatic hydroxyl groups is 2. The van der Waals surface area contributed by atoms with Gasteiger partial charge in [-0.25, -0.2) is 4.39 Å². The summed E-state index contributed by atoms with van der Waals surface area (Å²) in [6.45, 7) is 1.76. The lowest BCUT2D eigenvalue weighted by Crippen LogP contribution is -2.52. The fraction of sp³-hybridized carbons (Fsp3) is 0.318. The maximum atomic E-state index is 14.1. The van der Waals surface area contributed by atoms with E-state index in [2.05, 4.69) is 0 Å². The van der Waals surface area contributed by atoms with Crippen LogP contribution in [0.1, 0.15) is 25.8 Å². The van der Waals surface area contributed by atoms with Crippen LogP contribution in [0.25, 0.3) is 10.9 Å². The molecular weight excluding hydrogens is 418 g/mol. The number of halogens is 4. The summed E-state index contributed by atoms with van der Waals surface area (Å²) in [4.78, 5) is 12.1. The van der Waals surface area contributed by atoms with Crippen LogP contribution in [0.5, 0.6) is 11.5 Å². The normalized spacial score (nSPS) is 14.5. The second-order valence-electron chi connectivity index (χ2n) is 8.26. The number of aromatic nitrogens is 1. The Balaban J connectivity index is 2.09. The zero-order valence-electron chi connectivity index (χ0n) is 16.7. The first-order chi connectivity index (χ1) is 14.2. The molecule has 31 heavy (non-hydrogen) atoms. The average molecular weight is 439 g/mol. The first-order valence-corrected chi connectivity index (χ1v) is 9.34. The molecule has 3 rings (SSSR count). The Morgan fingerprint density at radius 2 is 1.68 bits per heavy atom. The maximum absolute atomic E-state index is 14.1. The summed E-state index contributed by atoms with van der Waals surface area (Å²) in [5.41, 5.74) is -5.23. The molecule has 0 amide bonds. The van der Waals surface area contributed by atoms with Crippen molar-refractivity contribution in [3.8, 4) is 11.5 Å². The number of benzene rings is 2. The zero-order chi connectivity index (χ0) is 23.2. The Kier molecular flexibility index (Phi) is 5.52. The molecule has 3 N–H and O–H groups in total. The zero-order valence-corrected chi connectivity index (χ0v) is 16.7. The monoisotopic (exact) mass is 439 g/mol. The van der Waals surface area contributed by atoms with Crippen LogP contribution in [0.2, 0.25) is 0 Å². The van der Waals surface area contributed by atoms with Gasteiger partial charge in [0.2, 0.25) is 0 Å². The van der Waals surface area contributed by atoms with E-state index >= 15 is 0 Å². The maximum Gasteiger partial charge on any atom is 0.418 e. The Morgan fingerprint density at radius 1 is 1.00 bits per heavy atom. The average Bonchev–Trinajstić information content (AvgIpc) is 2.65. The molecule has 0 radical (unpaired) electrons. The molecule has 3 aromatic rings. The third-order valence-electron chi connectivity index (χ3n) is 5.34. The lowest BCUT2D eigenvalue weighted by Gasteiger charge is -2.38. The van der Waals surface area contributed by atoms with Gasteiger partial charge in [0.1, 0.15) is 17.3 Å². The van der Waals surface area contributed by atoms with Gasteiger partial charge in [0, 0.05) is 23.2 Å². The van der Waals surface area contributed by atoms with Gasteiger partial charge in [0.25, 0.3) is 0 Å². The fourth-order valence-corrected chi connectivity index (χ4v) is 3.84. The molecule has 0 aliphatic carbocycles. The second-order valence-corrected chi connectivity index (χ2v) is 8.26. The SMILES string of the molecule is CC(C)(CC(O)(Cn1ccc(=O)c2cc(O)ccc21)C(F)(F)F)c1cc(F)ccc1O. The molecule has 2 aromatic carbocycles. The van der Waals surface area contributed by atoms with E-state index in [1.807, 2.05) is 0 Å². The molecule has 0 saturated heterocycles. The number of hydrogen-bond donors (Lipinski definition) is 3. The fourth-order valence-electron chi connectivity index (χ4n) is 3.84. The van der Waals surface area contributed by atoms with Crippen LogP contribution in [-0.4, -0.2) is 31.7 Å². The van der Waals surface area contributed by atoms with Gasteiger partial charge in [-0.1, -0.05) is 13.8 Å². The van der Waals surface area contributed by atoms with Crippen molar-refractivity contribution in [2.24, 2.45) is 0 Å². The lowest BCUT2D eigenvalue weighted by molar-refractivity contribution is -0.271. The number of phenolic OH excluding ortho intramolecular Hbond substituents is 2. The van der Waals surface area contributed by atoms with Crippen molar-refractivity contribution in [3.05, 3.63) is 70.3 Å². The minimum atomic E-state index is -5.08. The molecule has 1 atom stereocenters. The number of phenols is 2. The van der Waals surface area contributed by atoms with Crippen molar-refractivity contribution in [1.29, 1.82) is 0 Å². The second kappa shape index (κ2) is 7.56. The van der Waals surface area contributed by atoms with Crippen LogP contribution >= 0.6 is 0 Å². The van der Waals surface area contributed by atoms with Gasteiger partial charge in [-0.15, -0.1) is 0 Å². The molecule has 0 saturated carbocycles. The van der Waals surface area contributed by atoms with E-state index in [0.29, 0.717) is 0 Å². The van der Waals surface area contributed by atoms with Crippen molar-refractivity contribution in [2.45, 2.75) is 44.0 Å². The van der Waals surface area contributed by atoms with Gasteiger partial charge >= 0.3 is 6.18 Å². The standard InChI is InChI=1S/C22H21F4NO4/c1-20(2,16-9-13(23)3-6-19(16)30)11-21(31,22(24,25)26)12-27-8-7-18(29)15-10-14(28)4-5-17(15)27/h3-10,28,30-31H,11-12H2,1-2H3. The number of hydrogen-bond acceptors (Lipinski definition) is 4. The molecule has 5 nitrogen and oxygen atoms in total. The van der Waals surface area contributed by atoms with Gasteiger partial charge < -0.3 is 19.9 Å². The van der Waals surface area contributed by atoms with Crippen molar-refractivity contribution >= 4 is 10.9 Å². The van der Waals surface area contributed by atoms with Crippen LogP contribution in [0, 0.1) is 5.82 Å². The van der Waals surface area contributed by atoms with Crippen molar-refractivity contribution < 1.29 is 32.9 Å². The van der Waals surface area contributed by atoms with Gasteiger partial charge in [-0.05, 0) is 48.2 Å². The van der Waals surface area contributed by atoms with Crippen LogP contribution in [0.4, 0.5) is 17.6 Å². The highest BCUT2D eigenvalue weighted by Gasteiger charge is 2.56. The minimum Gasteiger partial charge on any atom is -0.508 e. The summed E-state index contributed by atoms with van der Waals surface area (Å²) in [6.07, 6.45) is -4.85. The molecule has 0 fully saturated rings. The van der Waals surface area contributed by atoms with E-state index in [9.17, 15) is 37.7 Å². The molecule has 1 heterocycles. The van der Waals surface area contributed by atoms with Gasteiger partial charge in [-0.3, -0.25) is 4.79 Å². The summed E-state index contributed by atoms with van der Waals surface area (Å²) in [5.74, 6) is -1.35. The van der Waals surface area contributed by atoms with Crippen LogP contribution in [0.15, 0.2) is 53.5 Å². The lowest BCUT2D eigenvalue weighted by atomic mass is 9.74. The molecule has 1 aromatic heterocycles. The third-order valence-corrected chi connectivity index (χ3v) is 5.34. The number of pyridine rings is 1. The molecule has 0 bridgehead atoms. The summed E-state index contributed by atoms with van der Waals surface area (Å²) in [5, 5.41) is 30.5. The summed E-state index contributed by atoms with van der Waals surface area (Å²) < 4.78 is 56.9. The summed E-state index contributed by atoms with van der Waals surface area (Å²) in [7, 11) is 0. The molecule has 166 valence electrons. The number of nitrogens with zero attached hydrogens (tertiary/aromatic N) is 1. The Labute approximate surface area is 174 Å². The summed E-state index contributed by atoms with van der Waals surface area (Å²) in [6, 6.07) is 7.64. The molecule has 1 unspecified atom stereocenters. The number of aliphatic hydroxyl groups is 1. The third kappa shape index (κ3) is 4.36. The minimum absolute atomic E-state index is 0.00550. The van der Waals surface area contributed by atoms with Gasteiger partial charge in [-0.2, -0.15) is 13.2 Å². The number of fused-ring (bicyclic) bond motifs is 1. The Bertz CT molecular complexity index is 1190. The smallest absolute Gasteiger partial charge is 0.418 e. The van der Waals surface area contributed by atoms with E-state index in [0.717, 1.165) is 41.1 Å². The molecule has 0 aliphatic heterocycles. The van der Waals surface area contributed by atoms with E-state index in [1.165, 1.54) is 26.0 Å². The number of alkyl halides is 3. The highest BCUT2D eigenvalue weighted by atomic mass is 19.4. The van der Waals surface area contributed by atoms with Gasteiger partial charge in [0.05, 0.1) is 12.1 Å². The van der Waals surface area contributed by atoms with E-state index in [-0.39, 0.29) is 28.0 Å². The molecular formula is C22H21F4NO4. The van der Waals surface area contributed by atoms with Crippen molar-refractivity contribution in [1.82, 2.24) is 4.57 Å². The highest BCUT2D eigenvalue weighted by Crippen LogP contribution is 2.44.